The van der Waals surface area contributed by atoms with Gasteiger partial charge in [-0.2, -0.15) is 5.10 Å². The highest BCUT2D eigenvalue weighted by Gasteiger charge is 2.51. The first kappa shape index (κ1) is 17.9. The monoisotopic (exact) mass is 370 g/mol. The van der Waals surface area contributed by atoms with Crippen molar-refractivity contribution in [3.05, 3.63) is 108 Å². The van der Waals surface area contributed by atoms with E-state index in [9.17, 15) is 4.79 Å². The summed E-state index contributed by atoms with van der Waals surface area (Å²) in [5.41, 5.74) is 11.9. The predicted molar refractivity (Wildman–Crippen MR) is 111 cm³/mol. The van der Waals surface area contributed by atoms with Crippen molar-refractivity contribution < 1.29 is 4.79 Å². The van der Waals surface area contributed by atoms with E-state index in [-0.39, 0.29) is 12.1 Å². The smallest absolute Gasteiger partial charge is 0.332 e. The molecule has 0 bridgehead atoms. The Bertz CT molecular complexity index is 958. The number of rotatable bonds is 6. The zero-order chi connectivity index (χ0) is 19.3. The Morgan fingerprint density at radius 1 is 0.893 bits per heavy atom. The van der Waals surface area contributed by atoms with Crippen LogP contribution in [0, 0.1) is 0 Å². The molecule has 3 N–H and O–H groups in total. The Balaban J connectivity index is 1.69. The van der Waals surface area contributed by atoms with Crippen molar-refractivity contribution >= 4 is 11.7 Å². The predicted octanol–water partition coefficient (Wildman–Crippen LogP) is 3.68. The molecule has 140 valence electrons. The third-order valence-electron chi connectivity index (χ3n) is 4.91. The molecule has 0 saturated carbocycles. The van der Waals surface area contributed by atoms with Crippen LogP contribution in [-0.4, -0.2) is 22.7 Å². The molecule has 0 aliphatic carbocycles. The summed E-state index contributed by atoms with van der Waals surface area (Å²) >= 11 is 0. The van der Waals surface area contributed by atoms with Gasteiger partial charge >= 0.3 is 6.03 Å². The third kappa shape index (κ3) is 3.94. The maximum atomic E-state index is 11.3. The fraction of sp³-hybridized carbons (Fsp3) is 0.130. The third-order valence-corrected chi connectivity index (χ3v) is 4.91. The number of benzene rings is 3. The first-order valence-electron chi connectivity index (χ1n) is 9.27. The number of nitrogens with zero attached hydrogens (tertiary/aromatic N) is 2. The Hall–Kier alpha value is -3.44. The zero-order valence-corrected chi connectivity index (χ0v) is 15.4. The van der Waals surface area contributed by atoms with Crippen molar-refractivity contribution in [3.8, 4) is 0 Å². The summed E-state index contributed by atoms with van der Waals surface area (Å²) in [6.07, 6.45) is 0. The largest absolute Gasteiger partial charge is 0.350 e. The van der Waals surface area contributed by atoms with Crippen molar-refractivity contribution in [1.29, 1.82) is 0 Å². The van der Waals surface area contributed by atoms with Gasteiger partial charge in [-0.3, -0.25) is 4.90 Å². The normalized spacial score (nSPS) is 21.1. The second kappa shape index (κ2) is 8.06. The Morgan fingerprint density at radius 2 is 1.46 bits per heavy atom. The van der Waals surface area contributed by atoms with Gasteiger partial charge in [0.15, 0.2) is 0 Å². The molecule has 1 fully saturated rings. The lowest BCUT2D eigenvalue weighted by atomic mass is 10.0. The van der Waals surface area contributed by atoms with Gasteiger partial charge in [-0.15, -0.1) is 0 Å². The van der Waals surface area contributed by atoms with Crippen LogP contribution in [0.15, 0.2) is 96.1 Å². The number of amides is 2. The number of carbonyl (C=O) groups is 1. The summed E-state index contributed by atoms with van der Waals surface area (Å²) in [6, 6.07) is 30.2. The highest BCUT2D eigenvalue weighted by molar-refractivity contribution is 6.07. The Labute approximate surface area is 164 Å². The van der Waals surface area contributed by atoms with Crippen LogP contribution >= 0.6 is 0 Å². The van der Waals surface area contributed by atoms with E-state index in [1.807, 2.05) is 66.7 Å². The van der Waals surface area contributed by atoms with Gasteiger partial charge in [-0.1, -0.05) is 91.0 Å². The molecule has 28 heavy (non-hydrogen) atoms. The Kier molecular flexibility index (Phi) is 5.17. The molecule has 1 aliphatic rings. The van der Waals surface area contributed by atoms with Crippen LogP contribution in [0.4, 0.5) is 4.79 Å². The highest BCUT2D eigenvalue weighted by atomic mass is 16.2. The highest BCUT2D eigenvalue weighted by Crippen LogP contribution is 2.46. The number of nitrogens with one attached hydrogen (secondary N) is 1. The van der Waals surface area contributed by atoms with Crippen LogP contribution in [0.25, 0.3) is 0 Å². The fourth-order valence-corrected chi connectivity index (χ4v) is 3.62. The second-order valence-electron chi connectivity index (χ2n) is 6.80. The van der Waals surface area contributed by atoms with E-state index in [2.05, 4.69) is 39.7 Å². The summed E-state index contributed by atoms with van der Waals surface area (Å²) in [5, 5.41) is 4.37. The zero-order valence-electron chi connectivity index (χ0n) is 15.4. The molecule has 3 aromatic carbocycles. The van der Waals surface area contributed by atoms with Gasteiger partial charge in [0.05, 0.1) is 17.8 Å². The lowest BCUT2D eigenvalue weighted by Gasteiger charge is -2.08. The maximum Gasteiger partial charge on any atom is 0.332 e. The van der Waals surface area contributed by atoms with Crippen molar-refractivity contribution in [1.82, 2.24) is 10.3 Å². The molecule has 3 atom stereocenters. The molecular formula is C23H22N4O. The van der Waals surface area contributed by atoms with Crippen molar-refractivity contribution in [2.75, 3.05) is 0 Å². The molecule has 2 amide bonds. The molecule has 5 heteroatoms. The summed E-state index contributed by atoms with van der Waals surface area (Å²) < 4.78 is 0. The van der Waals surface area contributed by atoms with Gasteiger partial charge in [0.2, 0.25) is 0 Å². The molecule has 0 aromatic heterocycles. The van der Waals surface area contributed by atoms with Crippen LogP contribution in [0.5, 0.6) is 0 Å². The van der Waals surface area contributed by atoms with Crippen LogP contribution in [0.3, 0.4) is 0 Å². The summed E-state index contributed by atoms with van der Waals surface area (Å²) in [4.78, 5) is 13.7. The molecule has 0 spiro atoms. The van der Waals surface area contributed by atoms with Crippen LogP contribution in [0.2, 0.25) is 0 Å². The SMILES string of the molecule is NC(=O)N/N=C(\c1ccccc1)[C@H]1[C@@H](c2ccccc2)N1Cc1ccccc1. The van der Waals surface area contributed by atoms with E-state index >= 15 is 0 Å². The lowest BCUT2D eigenvalue weighted by Crippen LogP contribution is -2.28. The van der Waals surface area contributed by atoms with E-state index < -0.39 is 6.03 Å². The number of primary amides is 1. The molecule has 1 saturated heterocycles. The average molecular weight is 370 g/mol. The number of urea groups is 1. The molecule has 5 nitrogen and oxygen atoms in total. The second-order valence-corrected chi connectivity index (χ2v) is 6.80. The quantitative estimate of drug-likeness (QED) is 0.395. The molecule has 1 aliphatic heterocycles. The van der Waals surface area contributed by atoms with Gasteiger partial charge in [-0.05, 0) is 16.7 Å². The number of nitrogens with two attached hydrogens (primary N) is 1. The maximum absolute atomic E-state index is 11.3. The van der Waals surface area contributed by atoms with Crippen LogP contribution < -0.4 is 11.2 Å². The lowest BCUT2D eigenvalue weighted by molar-refractivity contribution is 0.249. The van der Waals surface area contributed by atoms with Crippen LogP contribution in [0.1, 0.15) is 22.7 Å². The van der Waals surface area contributed by atoms with E-state index in [1.165, 1.54) is 11.1 Å². The van der Waals surface area contributed by atoms with Crippen molar-refractivity contribution in [3.63, 3.8) is 0 Å². The number of carbonyl (C=O) groups excluding carboxylic acids is 1. The molecule has 0 radical (unpaired) electrons. The number of hydrazone groups is 1. The van der Waals surface area contributed by atoms with Gasteiger partial charge < -0.3 is 5.73 Å². The molecular weight excluding hydrogens is 348 g/mol. The van der Waals surface area contributed by atoms with Gasteiger partial charge in [-0.25, -0.2) is 10.2 Å². The molecule has 1 unspecified atom stereocenters. The number of hydrogen-bond donors (Lipinski definition) is 2. The molecule has 1 heterocycles. The standard InChI is InChI=1S/C23H22N4O/c24-23(28)26-25-20(18-12-6-2-7-13-18)22-21(19-14-8-3-9-15-19)27(22)16-17-10-4-1-5-11-17/h1-15,21-22H,16H2,(H3,24,26,28)/b25-20+/t21-,22+,27?/m1/s1. The minimum atomic E-state index is -0.667. The van der Waals surface area contributed by atoms with E-state index in [0.29, 0.717) is 0 Å². The van der Waals surface area contributed by atoms with E-state index in [4.69, 9.17) is 5.73 Å². The van der Waals surface area contributed by atoms with Gasteiger partial charge in [0.1, 0.15) is 0 Å². The summed E-state index contributed by atoms with van der Waals surface area (Å²) in [6.45, 7) is 0.799. The van der Waals surface area contributed by atoms with E-state index in [0.717, 1.165) is 17.8 Å². The topological polar surface area (TPSA) is 70.5 Å². The minimum absolute atomic E-state index is 0.0526. The number of hydrogen-bond acceptors (Lipinski definition) is 3. The van der Waals surface area contributed by atoms with Crippen molar-refractivity contribution in [2.24, 2.45) is 10.8 Å². The fourth-order valence-electron chi connectivity index (χ4n) is 3.62. The minimum Gasteiger partial charge on any atom is -0.350 e. The summed E-state index contributed by atoms with van der Waals surface area (Å²) in [7, 11) is 0. The molecule has 3 aromatic rings. The molecule has 4 rings (SSSR count). The van der Waals surface area contributed by atoms with Gasteiger partial charge in [0, 0.05) is 6.54 Å². The van der Waals surface area contributed by atoms with E-state index in [1.54, 1.807) is 0 Å². The summed E-state index contributed by atoms with van der Waals surface area (Å²) in [5.74, 6) is 0. The first-order chi connectivity index (χ1) is 13.7. The Morgan fingerprint density at radius 3 is 2.07 bits per heavy atom. The van der Waals surface area contributed by atoms with Crippen LogP contribution in [-0.2, 0) is 6.54 Å². The average Bonchev–Trinajstić information content (AvgIpc) is 3.43. The first-order valence-corrected chi connectivity index (χ1v) is 9.27. The van der Waals surface area contributed by atoms with Gasteiger partial charge in [0.25, 0.3) is 0 Å². The van der Waals surface area contributed by atoms with Crippen molar-refractivity contribution in [2.45, 2.75) is 18.6 Å².